The number of methoxy groups -OCH3 is 1. The van der Waals surface area contributed by atoms with Gasteiger partial charge in [0.1, 0.15) is 5.75 Å². The van der Waals surface area contributed by atoms with Gasteiger partial charge in [0.2, 0.25) is 0 Å². The summed E-state index contributed by atoms with van der Waals surface area (Å²) in [6.45, 7) is 2.65. The summed E-state index contributed by atoms with van der Waals surface area (Å²) in [6, 6.07) is 14.2. The molecular weight excluding hydrogens is 357 g/mol. The Kier molecular flexibility index (Phi) is 7.12. The zero-order valence-electron chi connectivity index (χ0n) is 14.5. The molecule has 25 heavy (non-hydrogen) atoms. The highest BCUT2D eigenvalue weighted by Crippen LogP contribution is 2.32. The fourth-order valence-electron chi connectivity index (χ4n) is 2.82. The van der Waals surface area contributed by atoms with Crippen molar-refractivity contribution in [3.8, 4) is 5.75 Å². The number of ether oxygens (including phenoxy) is 1. The van der Waals surface area contributed by atoms with Crippen LogP contribution in [0.3, 0.4) is 0 Å². The molecule has 0 amide bonds. The predicted octanol–water partition coefficient (Wildman–Crippen LogP) is 4.40. The van der Waals surface area contributed by atoms with E-state index in [4.69, 9.17) is 21.3 Å². The van der Waals surface area contributed by atoms with Crippen LogP contribution in [0.2, 0.25) is 0 Å². The zero-order valence-corrected chi connectivity index (χ0v) is 16.0. The molecule has 4 nitrogen and oxygen atoms in total. The lowest BCUT2D eigenvalue weighted by atomic mass is 10.1. The summed E-state index contributed by atoms with van der Waals surface area (Å²) < 4.78 is 5.39. The second-order valence-electron chi connectivity index (χ2n) is 5.81. The number of benzene rings is 2. The number of fused-ring (bicyclic) bond motifs is 2. The molecule has 0 saturated carbocycles. The highest BCUT2D eigenvalue weighted by molar-refractivity contribution is 6.18. The van der Waals surface area contributed by atoms with E-state index in [2.05, 4.69) is 23.3 Å². The maximum atomic E-state index is 5.80. The van der Waals surface area contributed by atoms with Gasteiger partial charge in [-0.15, -0.1) is 24.0 Å². The summed E-state index contributed by atoms with van der Waals surface area (Å²) in [6.07, 6.45) is 0. The lowest BCUT2D eigenvalue weighted by Gasteiger charge is -2.18. The Balaban J connectivity index is 0.00000225. The Hall–Kier alpha value is -1.75. The summed E-state index contributed by atoms with van der Waals surface area (Å²) in [4.78, 5) is 6.98. The van der Waals surface area contributed by atoms with Crippen molar-refractivity contribution in [2.45, 2.75) is 0 Å². The van der Waals surface area contributed by atoms with E-state index < -0.39 is 0 Å². The van der Waals surface area contributed by atoms with E-state index in [0.717, 1.165) is 52.9 Å². The number of likely N-dealkylation sites (N-methyl/N-ethyl adjacent to an activating group) is 1. The van der Waals surface area contributed by atoms with Gasteiger partial charge in [-0.05, 0) is 31.3 Å². The number of nitrogens with zero attached hydrogens (tertiary/aromatic N) is 2. The van der Waals surface area contributed by atoms with Crippen molar-refractivity contribution in [1.29, 1.82) is 0 Å². The molecule has 3 aromatic rings. The van der Waals surface area contributed by atoms with Crippen LogP contribution in [0.25, 0.3) is 21.8 Å². The minimum absolute atomic E-state index is 0. The van der Waals surface area contributed by atoms with E-state index in [0.29, 0.717) is 5.88 Å². The summed E-state index contributed by atoms with van der Waals surface area (Å²) in [7, 11) is 3.76. The van der Waals surface area contributed by atoms with Crippen LogP contribution in [-0.4, -0.2) is 49.6 Å². The van der Waals surface area contributed by atoms with E-state index in [1.54, 1.807) is 7.11 Å². The Bertz CT molecular complexity index is 841. The largest absolute Gasteiger partial charge is 0.497 e. The molecule has 0 fully saturated rings. The van der Waals surface area contributed by atoms with E-state index >= 15 is 0 Å². The van der Waals surface area contributed by atoms with Crippen LogP contribution in [0, 0.1) is 0 Å². The van der Waals surface area contributed by atoms with Crippen LogP contribution in [-0.2, 0) is 0 Å². The molecule has 0 aliphatic heterocycles. The molecule has 0 unspecified atom stereocenters. The molecule has 0 radical (unpaired) electrons. The number of para-hydroxylation sites is 1. The van der Waals surface area contributed by atoms with E-state index in [1.807, 2.05) is 36.4 Å². The monoisotopic (exact) mass is 379 g/mol. The van der Waals surface area contributed by atoms with Crippen molar-refractivity contribution in [2.75, 3.05) is 45.0 Å². The first-order valence-corrected chi connectivity index (χ1v) is 8.61. The Morgan fingerprint density at radius 3 is 2.60 bits per heavy atom. The number of halogens is 2. The van der Waals surface area contributed by atoms with Crippen molar-refractivity contribution in [1.82, 2.24) is 9.88 Å². The molecule has 1 aromatic heterocycles. The first-order chi connectivity index (χ1) is 11.7. The molecule has 6 heteroatoms. The third-order valence-electron chi connectivity index (χ3n) is 4.15. The number of aromatic nitrogens is 1. The molecule has 0 saturated heterocycles. The van der Waals surface area contributed by atoms with Gasteiger partial charge in [-0.25, -0.2) is 4.98 Å². The molecular formula is C19H23Cl2N3O. The number of anilines is 1. The number of hydrogen-bond acceptors (Lipinski definition) is 4. The Labute approximate surface area is 159 Å². The molecule has 0 aliphatic rings. The van der Waals surface area contributed by atoms with Gasteiger partial charge in [0.25, 0.3) is 0 Å². The smallest absolute Gasteiger partial charge is 0.119 e. The molecule has 3 rings (SSSR count). The fraction of sp³-hybridized carbons (Fsp3) is 0.316. The van der Waals surface area contributed by atoms with E-state index in [1.165, 1.54) is 0 Å². The maximum Gasteiger partial charge on any atom is 0.119 e. The third kappa shape index (κ3) is 4.46. The predicted molar refractivity (Wildman–Crippen MR) is 110 cm³/mol. The van der Waals surface area contributed by atoms with Crippen molar-refractivity contribution in [2.24, 2.45) is 0 Å². The first-order valence-electron chi connectivity index (χ1n) is 8.08. The van der Waals surface area contributed by atoms with Crippen LogP contribution in [0.5, 0.6) is 5.75 Å². The molecule has 0 bridgehead atoms. The Morgan fingerprint density at radius 1 is 1.08 bits per heavy atom. The van der Waals surface area contributed by atoms with Gasteiger partial charge in [-0.2, -0.15) is 0 Å². The number of nitrogens with one attached hydrogen (secondary N) is 1. The van der Waals surface area contributed by atoms with Crippen LogP contribution >= 0.6 is 24.0 Å². The second kappa shape index (κ2) is 9.09. The normalized spacial score (nSPS) is 10.9. The van der Waals surface area contributed by atoms with Crippen LogP contribution in [0.1, 0.15) is 0 Å². The average Bonchev–Trinajstić information content (AvgIpc) is 2.61. The highest BCUT2D eigenvalue weighted by atomic mass is 35.5. The lowest BCUT2D eigenvalue weighted by Crippen LogP contribution is -2.27. The van der Waals surface area contributed by atoms with Gasteiger partial charge < -0.3 is 15.0 Å². The van der Waals surface area contributed by atoms with Gasteiger partial charge in [0.05, 0.1) is 23.8 Å². The average molecular weight is 380 g/mol. The fourth-order valence-corrected chi connectivity index (χ4v) is 3.10. The standard InChI is InChI=1S/C19H22ClN3O.ClH/c1-23(11-9-20)12-10-21-19-15-5-3-4-6-17(15)22-18-8-7-14(24-2)13-16(18)19;/h3-8,13H,9-12H2,1-2H3,(H,21,22);1H. The Morgan fingerprint density at radius 2 is 1.84 bits per heavy atom. The SMILES string of the molecule is COc1ccc2nc3ccccc3c(NCCN(C)CCCl)c2c1.Cl. The minimum atomic E-state index is 0. The van der Waals surface area contributed by atoms with Gasteiger partial charge in [-0.1, -0.05) is 18.2 Å². The molecule has 0 aliphatic carbocycles. The van der Waals surface area contributed by atoms with Crippen LogP contribution in [0.4, 0.5) is 5.69 Å². The van der Waals surface area contributed by atoms with E-state index in [-0.39, 0.29) is 12.4 Å². The second-order valence-corrected chi connectivity index (χ2v) is 6.18. The summed E-state index contributed by atoms with van der Waals surface area (Å²) >= 11 is 5.80. The van der Waals surface area contributed by atoms with Crippen LogP contribution in [0.15, 0.2) is 42.5 Å². The molecule has 2 aromatic carbocycles. The minimum Gasteiger partial charge on any atom is -0.497 e. The molecule has 1 N–H and O–H groups in total. The van der Waals surface area contributed by atoms with Gasteiger partial charge >= 0.3 is 0 Å². The van der Waals surface area contributed by atoms with Crippen molar-refractivity contribution in [3.63, 3.8) is 0 Å². The number of rotatable bonds is 7. The van der Waals surface area contributed by atoms with Crippen molar-refractivity contribution in [3.05, 3.63) is 42.5 Å². The topological polar surface area (TPSA) is 37.4 Å². The number of alkyl halides is 1. The molecule has 0 spiro atoms. The zero-order chi connectivity index (χ0) is 16.9. The van der Waals surface area contributed by atoms with E-state index in [9.17, 15) is 0 Å². The van der Waals surface area contributed by atoms with Crippen molar-refractivity contribution < 1.29 is 4.74 Å². The van der Waals surface area contributed by atoms with Gasteiger partial charge in [0, 0.05) is 36.3 Å². The number of pyridine rings is 1. The quantitative estimate of drug-likeness (QED) is 0.487. The third-order valence-corrected chi connectivity index (χ3v) is 4.32. The first kappa shape index (κ1) is 19.6. The van der Waals surface area contributed by atoms with Crippen LogP contribution < -0.4 is 10.1 Å². The summed E-state index contributed by atoms with van der Waals surface area (Å²) in [5.74, 6) is 1.48. The lowest BCUT2D eigenvalue weighted by molar-refractivity contribution is 0.369. The van der Waals surface area contributed by atoms with Gasteiger partial charge in [0.15, 0.2) is 0 Å². The summed E-state index contributed by atoms with van der Waals surface area (Å²) in [5, 5.41) is 5.79. The highest BCUT2D eigenvalue weighted by Gasteiger charge is 2.10. The number of hydrogen-bond donors (Lipinski definition) is 1. The molecule has 1 heterocycles. The van der Waals surface area contributed by atoms with Gasteiger partial charge in [-0.3, -0.25) is 0 Å². The maximum absolute atomic E-state index is 5.80. The van der Waals surface area contributed by atoms with Crippen molar-refractivity contribution >= 4 is 51.5 Å². The summed E-state index contributed by atoms with van der Waals surface area (Å²) in [5.41, 5.74) is 3.06. The molecule has 134 valence electrons. The molecule has 0 atom stereocenters.